The van der Waals surface area contributed by atoms with Gasteiger partial charge in [-0.15, -0.1) is 0 Å². The summed E-state index contributed by atoms with van der Waals surface area (Å²) in [4.78, 5) is 28.1. The molecule has 1 fully saturated rings. The number of anilines is 1. The fourth-order valence-corrected chi connectivity index (χ4v) is 3.78. The predicted molar refractivity (Wildman–Crippen MR) is 122 cm³/mol. The minimum Gasteiger partial charge on any atom is -0.353 e. The second-order valence-electron chi connectivity index (χ2n) is 8.59. The number of amides is 2. The minimum atomic E-state index is 0.0775. The van der Waals surface area contributed by atoms with E-state index in [2.05, 4.69) is 56.9 Å². The lowest BCUT2D eigenvalue weighted by Crippen LogP contribution is -2.52. The monoisotopic (exact) mass is 409 g/mol. The van der Waals surface area contributed by atoms with Gasteiger partial charge in [0, 0.05) is 63.9 Å². The number of benzene rings is 1. The van der Waals surface area contributed by atoms with Crippen molar-refractivity contribution in [3.8, 4) is 0 Å². The molecule has 6 heteroatoms. The zero-order valence-electron chi connectivity index (χ0n) is 19.3. The Hall–Kier alpha value is -2.63. The minimum absolute atomic E-state index is 0.0775. The SMILES string of the molecule is CCC(C)c1nc(C)c(Cc2ccc(C)cc2)c(N2CCN(C(=O)N(C)C)CC2)n1. The Kier molecular flexibility index (Phi) is 6.95. The molecule has 1 aliphatic heterocycles. The van der Waals surface area contributed by atoms with Crippen molar-refractivity contribution in [1.29, 1.82) is 0 Å². The molecule has 0 aliphatic carbocycles. The van der Waals surface area contributed by atoms with Crippen molar-refractivity contribution in [1.82, 2.24) is 19.8 Å². The number of rotatable bonds is 5. The highest BCUT2D eigenvalue weighted by molar-refractivity contribution is 5.74. The van der Waals surface area contributed by atoms with E-state index in [4.69, 9.17) is 9.97 Å². The lowest BCUT2D eigenvalue weighted by Gasteiger charge is -2.37. The van der Waals surface area contributed by atoms with Gasteiger partial charge in [0.05, 0.1) is 0 Å². The Bertz CT molecular complexity index is 870. The molecule has 2 heterocycles. The Morgan fingerprint density at radius 2 is 1.70 bits per heavy atom. The summed E-state index contributed by atoms with van der Waals surface area (Å²) >= 11 is 0. The summed E-state index contributed by atoms with van der Waals surface area (Å²) in [6.45, 7) is 11.6. The largest absolute Gasteiger partial charge is 0.353 e. The standard InChI is InChI=1S/C24H35N5O/c1-7-18(3)22-25-19(4)21(16-20-10-8-17(2)9-11-20)23(26-22)28-12-14-29(15-13-28)24(30)27(5)6/h8-11,18H,7,12-16H2,1-6H3. The molecule has 1 atom stereocenters. The fourth-order valence-electron chi connectivity index (χ4n) is 3.78. The van der Waals surface area contributed by atoms with Crippen molar-refractivity contribution in [3.05, 3.63) is 52.5 Å². The van der Waals surface area contributed by atoms with E-state index in [0.29, 0.717) is 19.0 Å². The molecule has 2 amide bonds. The van der Waals surface area contributed by atoms with E-state index in [1.165, 1.54) is 16.7 Å². The number of hydrogen-bond acceptors (Lipinski definition) is 4. The fraction of sp³-hybridized carbons (Fsp3) is 0.542. The quantitative estimate of drug-likeness (QED) is 0.749. The summed E-state index contributed by atoms with van der Waals surface area (Å²) in [7, 11) is 3.61. The number of aromatic nitrogens is 2. The van der Waals surface area contributed by atoms with Crippen LogP contribution in [0.1, 0.15) is 54.4 Å². The second-order valence-corrected chi connectivity index (χ2v) is 8.59. The highest BCUT2D eigenvalue weighted by Gasteiger charge is 2.26. The van der Waals surface area contributed by atoms with E-state index in [9.17, 15) is 4.79 Å². The van der Waals surface area contributed by atoms with Crippen molar-refractivity contribution in [2.24, 2.45) is 0 Å². The van der Waals surface area contributed by atoms with Crippen LogP contribution in [0, 0.1) is 13.8 Å². The topological polar surface area (TPSA) is 52.6 Å². The number of carbonyl (C=O) groups excluding carboxylic acids is 1. The van der Waals surface area contributed by atoms with Crippen LogP contribution in [-0.4, -0.2) is 66.1 Å². The Balaban J connectivity index is 1.91. The molecule has 0 saturated carbocycles. The maximum Gasteiger partial charge on any atom is 0.319 e. The van der Waals surface area contributed by atoms with Crippen molar-refractivity contribution in [3.63, 3.8) is 0 Å². The summed E-state index contributed by atoms with van der Waals surface area (Å²) in [6, 6.07) is 8.77. The first-order valence-corrected chi connectivity index (χ1v) is 10.9. The highest BCUT2D eigenvalue weighted by atomic mass is 16.2. The average molecular weight is 410 g/mol. The van der Waals surface area contributed by atoms with E-state index in [0.717, 1.165) is 43.3 Å². The van der Waals surface area contributed by atoms with Crippen LogP contribution in [0.2, 0.25) is 0 Å². The molecule has 3 rings (SSSR count). The summed E-state index contributed by atoms with van der Waals surface area (Å²) < 4.78 is 0. The molecule has 0 N–H and O–H groups in total. The van der Waals surface area contributed by atoms with E-state index < -0.39 is 0 Å². The molecular weight excluding hydrogens is 374 g/mol. The molecule has 1 saturated heterocycles. The second kappa shape index (κ2) is 9.45. The summed E-state index contributed by atoms with van der Waals surface area (Å²) in [5.74, 6) is 2.28. The van der Waals surface area contributed by atoms with Gasteiger partial charge in [-0.3, -0.25) is 0 Å². The molecular formula is C24H35N5O. The van der Waals surface area contributed by atoms with Crippen LogP contribution in [-0.2, 0) is 6.42 Å². The molecule has 1 aromatic heterocycles. The zero-order chi connectivity index (χ0) is 21.8. The van der Waals surface area contributed by atoms with Gasteiger partial charge in [-0.1, -0.05) is 43.7 Å². The molecule has 0 bridgehead atoms. The smallest absolute Gasteiger partial charge is 0.319 e. The zero-order valence-corrected chi connectivity index (χ0v) is 19.3. The van der Waals surface area contributed by atoms with E-state index >= 15 is 0 Å². The lowest BCUT2D eigenvalue weighted by molar-refractivity contribution is 0.168. The van der Waals surface area contributed by atoms with Crippen LogP contribution in [0.25, 0.3) is 0 Å². The van der Waals surface area contributed by atoms with Crippen LogP contribution >= 0.6 is 0 Å². The molecule has 6 nitrogen and oxygen atoms in total. The van der Waals surface area contributed by atoms with Gasteiger partial charge in [-0.2, -0.15) is 0 Å². The van der Waals surface area contributed by atoms with Crippen LogP contribution in [0.3, 0.4) is 0 Å². The summed E-state index contributed by atoms with van der Waals surface area (Å²) in [5, 5.41) is 0. The normalized spacial score (nSPS) is 15.3. The van der Waals surface area contributed by atoms with Crippen LogP contribution in [0.4, 0.5) is 10.6 Å². The third-order valence-electron chi connectivity index (χ3n) is 6.00. The van der Waals surface area contributed by atoms with Gasteiger partial charge < -0.3 is 14.7 Å². The molecule has 1 aliphatic rings. The van der Waals surface area contributed by atoms with Gasteiger partial charge in [0.1, 0.15) is 11.6 Å². The van der Waals surface area contributed by atoms with E-state index in [-0.39, 0.29) is 6.03 Å². The third-order valence-corrected chi connectivity index (χ3v) is 6.00. The van der Waals surface area contributed by atoms with Crippen molar-refractivity contribution in [2.45, 2.75) is 46.5 Å². The number of nitrogens with zero attached hydrogens (tertiary/aromatic N) is 5. The van der Waals surface area contributed by atoms with Crippen molar-refractivity contribution >= 4 is 11.8 Å². The maximum absolute atomic E-state index is 12.3. The molecule has 0 spiro atoms. The first-order chi connectivity index (χ1) is 14.3. The van der Waals surface area contributed by atoms with Gasteiger partial charge in [-0.05, 0) is 25.8 Å². The van der Waals surface area contributed by atoms with Gasteiger partial charge in [0.15, 0.2) is 0 Å². The predicted octanol–water partition coefficient (Wildman–Crippen LogP) is 4.00. The van der Waals surface area contributed by atoms with Crippen LogP contribution < -0.4 is 4.90 Å². The van der Waals surface area contributed by atoms with Gasteiger partial charge in [-0.25, -0.2) is 14.8 Å². The van der Waals surface area contributed by atoms with E-state index in [1.54, 1.807) is 19.0 Å². The molecule has 162 valence electrons. The summed E-state index contributed by atoms with van der Waals surface area (Å²) in [6.07, 6.45) is 1.83. The third kappa shape index (κ3) is 4.91. The maximum atomic E-state index is 12.3. The van der Waals surface area contributed by atoms with Gasteiger partial charge >= 0.3 is 6.03 Å². The molecule has 1 aromatic carbocycles. The number of aryl methyl sites for hydroxylation is 2. The molecule has 30 heavy (non-hydrogen) atoms. The first-order valence-electron chi connectivity index (χ1n) is 10.9. The number of carbonyl (C=O) groups is 1. The molecule has 0 radical (unpaired) electrons. The van der Waals surface area contributed by atoms with Crippen molar-refractivity contribution < 1.29 is 4.79 Å². The molecule has 2 aromatic rings. The Labute approximate surface area is 180 Å². The van der Waals surface area contributed by atoms with E-state index in [1.807, 2.05) is 4.90 Å². The summed E-state index contributed by atoms with van der Waals surface area (Å²) in [5.41, 5.74) is 4.79. The highest BCUT2D eigenvalue weighted by Crippen LogP contribution is 2.28. The van der Waals surface area contributed by atoms with Gasteiger partial charge in [0.25, 0.3) is 0 Å². The van der Waals surface area contributed by atoms with Crippen molar-refractivity contribution in [2.75, 3.05) is 45.2 Å². The van der Waals surface area contributed by atoms with Crippen LogP contribution in [0.15, 0.2) is 24.3 Å². The van der Waals surface area contributed by atoms with Crippen LogP contribution in [0.5, 0.6) is 0 Å². The Morgan fingerprint density at radius 1 is 1.07 bits per heavy atom. The lowest BCUT2D eigenvalue weighted by atomic mass is 10.0. The number of urea groups is 1. The number of hydrogen-bond donors (Lipinski definition) is 0. The first kappa shape index (κ1) is 22.1. The molecule has 1 unspecified atom stereocenters. The average Bonchev–Trinajstić information content (AvgIpc) is 2.75. The Morgan fingerprint density at radius 3 is 2.27 bits per heavy atom. The number of piperazine rings is 1. The van der Waals surface area contributed by atoms with Gasteiger partial charge in [0.2, 0.25) is 0 Å².